The molecule has 3 rings (SSSR count). The van der Waals surface area contributed by atoms with E-state index in [0.29, 0.717) is 28.2 Å². The van der Waals surface area contributed by atoms with E-state index in [1.165, 1.54) is 25.3 Å². The van der Waals surface area contributed by atoms with Crippen molar-refractivity contribution in [1.82, 2.24) is 15.4 Å². The van der Waals surface area contributed by atoms with Gasteiger partial charge in [-0.15, -0.1) is 0 Å². The lowest BCUT2D eigenvalue weighted by atomic mass is 10.1. The lowest BCUT2D eigenvalue weighted by molar-refractivity contribution is 0.0706. The molecule has 128 valence electrons. The van der Waals surface area contributed by atoms with Crippen LogP contribution in [0.5, 0.6) is 11.5 Å². The quantitative estimate of drug-likeness (QED) is 0.480. The molecule has 3 aromatic rings. The van der Waals surface area contributed by atoms with Crippen molar-refractivity contribution in [2.75, 3.05) is 7.11 Å². The number of ether oxygens (including phenoxy) is 2. The number of methoxy groups -OCH3 is 1. The average molecular weight is 341 g/mol. The van der Waals surface area contributed by atoms with Crippen molar-refractivity contribution in [1.29, 1.82) is 0 Å². The summed E-state index contributed by atoms with van der Waals surface area (Å²) in [6.07, 6.45) is 0. The number of carbonyl (C=O) groups is 1. The van der Waals surface area contributed by atoms with Gasteiger partial charge in [-0.2, -0.15) is 0 Å². The first kappa shape index (κ1) is 16.5. The van der Waals surface area contributed by atoms with Crippen molar-refractivity contribution in [3.8, 4) is 11.5 Å². The summed E-state index contributed by atoms with van der Waals surface area (Å²) in [5.41, 5.74) is 1.70. The number of fused-ring (bicyclic) bond motifs is 1. The largest absolute Gasteiger partial charge is 0.493 e. The number of nitrogens with one attached hydrogen (secondary N) is 2. The van der Waals surface area contributed by atoms with E-state index in [2.05, 4.69) is 9.97 Å². The molecular formula is C17H15N3O5. The van der Waals surface area contributed by atoms with Gasteiger partial charge in [0.1, 0.15) is 12.4 Å². The van der Waals surface area contributed by atoms with E-state index >= 15 is 0 Å². The third kappa shape index (κ3) is 3.43. The van der Waals surface area contributed by atoms with Crippen molar-refractivity contribution in [3.05, 3.63) is 64.2 Å². The van der Waals surface area contributed by atoms with Crippen LogP contribution in [0.1, 0.15) is 16.2 Å². The number of aromatic amines is 1. The van der Waals surface area contributed by atoms with Crippen molar-refractivity contribution < 1.29 is 19.5 Å². The Kier molecular flexibility index (Phi) is 4.62. The number of hydrogen-bond acceptors (Lipinski definition) is 6. The Balaban J connectivity index is 1.91. The zero-order valence-electron chi connectivity index (χ0n) is 13.3. The lowest BCUT2D eigenvalue weighted by Gasteiger charge is -2.10. The number of hydrogen-bond donors (Lipinski definition) is 3. The predicted octanol–water partition coefficient (Wildman–Crippen LogP) is 1.63. The molecule has 0 aliphatic rings. The van der Waals surface area contributed by atoms with E-state index in [1.807, 2.05) is 6.07 Å². The Bertz CT molecular complexity index is 983. The molecule has 0 saturated heterocycles. The molecule has 1 heterocycles. The number of benzene rings is 2. The van der Waals surface area contributed by atoms with Crippen molar-refractivity contribution in [2.24, 2.45) is 0 Å². The number of hydroxylamine groups is 1. The molecule has 0 aliphatic carbocycles. The third-order valence-corrected chi connectivity index (χ3v) is 3.55. The van der Waals surface area contributed by atoms with E-state index < -0.39 is 5.91 Å². The highest BCUT2D eigenvalue weighted by molar-refractivity contribution is 5.96. The van der Waals surface area contributed by atoms with E-state index in [9.17, 15) is 9.59 Å². The molecule has 3 N–H and O–H groups in total. The van der Waals surface area contributed by atoms with E-state index in [-0.39, 0.29) is 17.7 Å². The van der Waals surface area contributed by atoms with Crippen molar-refractivity contribution in [2.45, 2.75) is 6.61 Å². The maximum absolute atomic E-state index is 12.2. The normalized spacial score (nSPS) is 10.5. The van der Waals surface area contributed by atoms with Gasteiger partial charge in [0.15, 0.2) is 11.5 Å². The van der Waals surface area contributed by atoms with Gasteiger partial charge in [0.25, 0.3) is 11.5 Å². The summed E-state index contributed by atoms with van der Waals surface area (Å²) < 4.78 is 10.8. The number of aromatic nitrogens is 2. The first-order valence-electron chi connectivity index (χ1n) is 7.35. The number of carbonyl (C=O) groups excluding carboxylic acids is 1. The Labute approximate surface area is 142 Å². The van der Waals surface area contributed by atoms with Gasteiger partial charge in [-0.25, -0.2) is 10.5 Å². The zero-order valence-corrected chi connectivity index (χ0v) is 13.3. The number of nitrogens with zero attached hydrogens (tertiary/aromatic N) is 1. The summed E-state index contributed by atoms with van der Waals surface area (Å²) in [6, 6.07) is 11.4. The molecule has 0 spiro atoms. The van der Waals surface area contributed by atoms with E-state index in [1.54, 1.807) is 23.7 Å². The summed E-state index contributed by atoms with van der Waals surface area (Å²) in [4.78, 5) is 30.6. The molecule has 0 radical (unpaired) electrons. The molecule has 0 unspecified atom stereocenters. The fraction of sp³-hybridized carbons (Fsp3) is 0.118. The van der Waals surface area contributed by atoms with Crippen LogP contribution in [0.2, 0.25) is 0 Å². The summed E-state index contributed by atoms with van der Waals surface area (Å²) in [7, 11) is 1.53. The first-order valence-corrected chi connectivity index (χ1v) is 7.35. The molecular weight excluding hydrogens is 326 g/mol. The topological polar surface area (TPSA) is 114 Å². The van der Waals surface area contributed by atoms with E-state index in [0.717, 1.165) is 0 Å². The zero-order chi connectivity index (χ0) is 17.8. The van der Waals surface area contributed by atoms with Gasteiger partial charge >= 0.3 is 0 Å². The predicted molar refractivity (Wildman–Crippen MR) is 88.9 cm³/mol. The van der Waals surface area contributed by atoms with Crippen molar-refractivity contribution >= 4 is 16.8 Å². The number of amides is 1. The van der Waals surface area contributed by atoms with Crippen LogP contribution in [0.15, 0.2) is 47.3 Å². The Morgan fingerprint density at radius 3 is 2.72 bits per heavy atom. The highest BCUT2D eigenvalue weighted by Gasteiger charge is 2.10. The van der Waals surface area contributed by atoms with Gasteiger partial charge in [-0.05, 0) is 30.3 Å². The fourth-order valence-corrected chi connectivity index (χ4v) is 2.35. The highest BCUT2D eigenvalue weighted by Crippen LogP contribution is 2.26. The smallest absolute Gasteiger partial charge is 0.274 e. The first-order chi connectivity index (χ1) is 12.1. The van der Waals surface area contributed by atoms with Gasteiger partial charge in [-0.3, -0.25) is 14.8 Å². The van der Waals surface area contributed by atoms with Gasteiger partial charge in [0, 0.05) is 5.56 Å². The van der Waals surface area contributed by atoms with Gasteiger partial charge in [0.05, 0.1) is 18.0 Å². The summed E-state index contributed by atoms with van der Waals surface area (Å²) >= 11 is 0. The molecule has 8 heteroatoms. The second-order valence-corrected chi connectivity index (χ2v) is 5.13. The molecule has 0 atom stereocenters. The van der Waals surface area contributed by atoms with Crippen LogP contribution < -0.4 is 20.5 Å². The van der Waals surface area contributed by atoms with Crippen LogP contribution in [0.25, 0.3) is 10.9 Å². The van der Waals surface area contributed by atoms with Gasteiger partial charge in [0.2, 0.25) is 0 Å². The highest BCUT2D eigenvalue weighted by atomic mass is 16.5. The SMILES string of the molecule is COc1ccccc1OCc1nc2cc(C(=O)NO)ccc2c(=O)[nH]1. The molecule has 0 fully saturated rings. The monoisotopic (exact) mass is 341 g/mol. The van der Waals surface area contributed by atoms with Crippen LogP contribution in [0.3, 0.4) is 0 Å². The van der Waals surface area contributed by atoms with Crippen LogP contribution in [0, 0.1) is 0 Å². The summed E-state index contributed by atoms with van der Waals surface area (Å²) in [6.45, 7) is 0.0159. The van der Waals surface area contributed by atoms with E-state index in [4.69, 9.17) is 14.7 Å². The standard InChI is InChI=1S/C17H15N3O5/c1-24-13-4-2-3-5-14(13)25-9-15-18-12-8-10(16(21)20-23)6-7-11(12)17(22)19-15/h2-8,23H,9H2,1H3,(H,20,21)(H,18,19,22). The minimum absolute atomic E-state index is 0.0159. The summed E-state index contributed by atoms with van der Waals surface area (Å²) in [5, 5.41) is 9.04. The number of rotatable bonds is 5. The van der Waals surface area contributed by atoms with Crippen LogP contribution in [-0.4, -0.2) is 28.2 Å². The molecule has 0 aliphatic heterocycles. The fourth-order valence-electron chi connectivity index (χ4n) is 2.35. The minimum atomic E-state index is -0.684. The maximum atomic E-state index is 12.2. The van der Waals surface area contributed by atoms with Gasteiger partial charge < -0.3 is 14.5 Å². The maximum Gasteiger partial charge on any atom is 0.274 e. The second kappa shape index (κ2) is 7.02. The second-order valence-electron chi connectivity index (χ2n) is 5.13. The van der Waals surface area contributed by atoms with Gasteiger partial charge in [-0.1, -0.05) is 12.1 Å². The summed E-state index contributed by atoms with van der Waals surface area (Å²) in [5.74, 6) is 0.689. The Morgan fingerprint density at radius 1 is 1.24 bits per heavy atom. The van der Waals surface area contributed by atoms with Crippen molar-refractivity contribution in [3.63, 3.8) is 0 Å². The molecule has 25 heavy (non-hydrogen) atoms. The molecule has 0 saturated carbocycles. The van der Waals surface area contributed by atoms with Crippen LogP contribution >= 0.6 is 0 Å². The van der Waals surface area contributed by atoms with Crippen LogP contribution in [-0.2, 0) is 6.61 Å². The molecule has 0 bridgehead atoms. The minimum Gasteiger partial charge on any atom is -0.493 e. The third-order valence-electron chi connectivity index (χ3n) is 3.55. The number of para-hydroxylation sites is 2. The molecule has 1 amide bonds. The molecule has 2 aromatic carbocycles. The Morgan fingerprint density at radius 2 is 2.00 bits per heavy atom. The number of H-pyrrole nitrogens is 1. The molecule has 1 aromatic heterocycles. The average Bonchev–Trinajstić information content (AvgIpc) is 2.65. The lowest BCUT2D eigenvalue weighted by Crippen LogP contribution is -2.19. The Hall–Kier alpha value is -3.39. The van der Waals surface area contributed by atoms with Crippen LogP contribution in [0.4, 0.5) is 0 Å². The molecule has 8 nitrogen and oxygen atoms in total.